The summed E-state index contributed by atoms with van der Waals surface area (Å²) in [6, 6.07) is 16.3. The molecule has 2 aromatic carbocycles. The number of carbonyl (C=O) groups is 3. The normalized spacial score (nSPS) is 15.9. The van der Waals surface area contributed by atoms with Gasteiger partial charge in [0.1, 0.15) is 6.61 Å². The van der Waals surface area contributed by atoms with Crippen molar-refractivity contribution < 1.29 is 24.2 Å². The molecule has 34 heavy (non-hydrogen) atoms. The molecule has 0 radical (unpaired) electrons. The fraction of sp³-hybridized carbons (Fsp3) is 0.444. The lowest BCUT2D eigenvalue weighted by molar-refractivity contribution is -0.137. The van der Waals surface area contributed by atoms with Crippen LogP contribution in [-0.2, 0) is 14.3 Å². The summed E-state index contributed by atoms with van der Waals surface area (Å²) >= 11 is 0. The first kappa shape index (κ1) is 23.8. The average Bonchev–Trinajstić information content (AvgIpc) is 3.46. The molecule has 2 amide bonds. The van der Waals surface area contributed by atoms with Gasteiger partial charge in [0.25, 0.3) is 0 Å². The number of carboxylic acids is 1. The third kappa shape index (κ3) is 5.76. The molecule has 4 rings (SSSR count). The van der Waals surface area contributed by atoms with Crippen molar-refractivity contribution in [1.29, 1.82) is 0 Å². The van der Waals surface area contributed by atoms with Gasteiger partial charge in [0, 0.05) is 19.0 Å². The van der Waals surface area contributed by atoms with E-state index in [2.05, 4.69) is 34.9 Å². The Morgan fingerprint density at radius 1 is 0.941 bits per heavy atom. The van der Waals surface area contributed by atoms with Gasteiger partial charge in [-0.15, -0.1) is 0 Å². The number of rotatable bonds is 10. The van der Waals surface area contributed by atoms with E-state index in [1.54, 1.807) is 0 Å². The van der Waals surface area contributed by atoms with Gasteiger partial charge < -0.3 is 20.5 Å². The molecule has 180 valence electrons. The Balaban J connectivity index is 1.33. The first-order valence-corrected chi connectivity index (χ1v) is 12.1. The van der Waals surface area contributed by atoms with Crippen LogP contribution in [0.3, 0.4) is 0 Å². The maximum Gasteiger partial charge on any atom is 0.407 e. The first-order valence-electron chi connectivity index (χ1n) is 12.1. The standard InChI is InChI=1S/C27H32N2O5/c30-25(31)13-14-28-26(32)19(15-18-7-1-2-8-18)16-29-27(33)34-17-24-22-11-5-3-9-20(22)21-10-4-6-12-23(21)24/h3-6,9-12,18-19,24H,1-2,7-8,13-17H2,(H,28,32)(H,29,33)(H,30,31). The lowest BCUT2D eigenvalue weighted by Gasteiger charge is -2.21. The summed E-state index contributed by atoms with van der Waals surface area (Å²) in [5.74, 6) is -1.14. The van der Waals surface area contributed by atoms with Gasteiger partial charge >= 0.3 is 12.1 Å². The predicted molar refractivity (Wildman–Crippen MR) is 128 cm³/mol. The fourth-order valence-electron chi connectivity index (χ4n) is 5.22. The van der Waals surface area contributed by atoms with Gasteiger partial charge in [-0.3, -0.25) is 9.59 Å². The molecule has 1 unspecified atom stereocenters. The molecule has 0 spiro atoms. The molecule has 2 aliphatic carbocycles. The molecule has 3 N–H and O–H groups in total. The minimum Gasteiger partial charge on any atom is -0.481 e. The van der Waals surface area contributed by atoms with Crippen molar-refractivity contribution in [2.75, 3.05) is 19.7 Å². The summed E-state index contributed by atoms with van der Waals surface area (Å²) in [7, 11) is 0. The third-order valence-electron chi connectivity index (χ3n) is 6.94. The second kappa shape index (κ2) is 11.2. The van der Waals surface area contributed by atoms with Crippen molar-refractivity contribution in [1.82, 2.24) is 10.6 Å². The quantitative estimate of drug-likeness (QED) is 0.486. The van der Waals surface area contributed by atoms with E-state index < -0.39 is 18.0 Å². The number of aliphatic carboxylic acids is 1. The molecule has 1 atom stereocenters. The van der Waals surface area contributed by atoms with E-state index in [1.165, 1.54) is 11.1 Å². The Kier molecular flexibility index (Phi) is 7.83. The highest BCUT2D eigenvalue weighted by molar-refractivity contribution is 5.81. The van der Waals surface area contributed by atoms with Gasteiger partial charge in [0.05, 0.1) is 12.3 Å². The number of carbonyl (C=O) groups excluding carboxylic acids is 2. The van der Waals surface area contributed by atoms with Crippen LogP contribution in [0.5, 0.6) is 0 Å². The first-order chi connectivity index (χ1) is 16.5. The van der Waals surface area contributed by atoms with Gasteiger partial charge in [-0.05, 0) is 34.6 Å². The lowest BCUT2D eigenvalue weighted by atomic mass is 9.92. The summed E-state index contributed by atoms with van der Waals surface area (Å²) in [6.45, 7) is 0.477. The van der Waals surface area contributed by atoms with Crippen LogP contribution >= 0.6 is 0 Å². The van der Waals surface area contributed by atoms with Crippen molar-refractivity contribution in [2.24, 2.45) is 11.8 Å². The van der Waals surface area contributed by atoms with Crippen molar-refractivity contribution in [3.63, 3.8) is 0 Å². The maximum absolute atomic E-state index is 12.7. The van der Waals surface area contributed by atoms with Crippen LogP contribution < -0.4 is 10.6 Å². The van der Waals surface area contributed by atoms with Crippen LogP contribution in [0.2, 0.25) is 0 Å². The SMILES string of the molecule is O=C(O)CCNC(=O)C(CNC(=O)OCC1c2ccccc2-c2ccccc21)CC1CCCC1. The smallest absolute Gasteiger partial charge is 0.407 e. The predicted octanol–water partition coefficient (Wildman–Crippen LogP) is 4.31. The van der Waals surface area contributed by atoms with E-state index in [4.69, 9.17) is 9.84 Å². The Hall–Kier alpha value is -3.35. The molecular formula is C27H32N2O5. The molecule has 0 aliphatic heterocycles. The molecule has 1 saturated carbocycles. The van der Waals surface area contributed by atoms with Crippen LogP contribution in [0.4, 0.5) is 4.79 Å². The van der Waals surface area contributed by atoms with E-state index in [1.807, 2.05) is 24.3 Å². The van der Waals surface area contributed by atoms with Gasteiger partial charge in [-0.1, -0.05) is 74.2 Å². The van der Waals surface area contributed by atoms with Crippen LogP contribution in [0, 0.1) is 11.8 Å². The minimum atomic E-state index is -0.954. The summed E-state index contributed by atoms with van der Waals surface area (Å²) in [5, 5.41) is 14.3. The van der Waals surface area contributed by atoms with Crippen LogP contribution in [0.25, 0.3) is 11.1 Å². The van der Waals surface area contributed by atoms with Gasteiger partial charge in [-0.25, -0.2) is 4.79 Å². The summed E-state index contributed by atoms with van der Waals surface area (Å²) < 4.78 is 5.59. The number of hydrogen-bond donors (Lipinski definition) is 3. The fourth-order valence-corrected chi connectivity index (χ4v) is 5.22. The molecule has 0 aromatic heterocycles. The van der Waals surface area contributed by atoms with Gasteiger partial charge in [-0.2, -0.15) is 0 Å². The second-order valence-electron chi connectivity index (χ2n) is 9.22. The molecule has 0 heterocycles. The van der Waals surface area contributed by atoms with Crippen LogP contribution in [-0.4, -0.2) is 42.8 Å². The third-order valence-corrected chi connectivity index (χ3v) is 6.94. The Bertz CT molecular complexity index is 986. The molecule has 0 saturated heterocycles. The average molecular weight is 465 g/mol. The van der Waals surface area contributed by atoms with Crippen molar-refractivity contribution in [3.8, 4) is 11.1 Å². The number of carboxylic acid groups (broad SMARTS) is 1. The molecule has 0 bridgehead atoms. The number of alkyl carbamates (subject to hydrolysis) is 1. The van der Waals surface area contributed by atoms with Crippen molar-refractivity contribution >= 4 is 18.0 Å². The molecule has 7 nitrogen and oxygen atoms in total. The topological polar surface area (TPSA) is 105 Å². The number of ether oxygens (including phenoxy) is 1. The molecule has 2 aromatic rings. The molecule has 7 heteroatoms. The van der Waals surface area contributed by atoms with E-state index >= 15 is 0 Å². The minimum absolute atomic E-state index is 0.0215. The zero-order valence-electron chi connectivity index (χ0n) is 19.3. The van der Waals surface area contributed by atoms with E-state index in [-0.39, 0.29) is 37.9 Å². The van der Waals surface area contributed by atoms with Gasteiger partial charge in [0.2, 0.25) is 5.91 Å². The highest BCUT2D eigenvalue weighted by atomic mass is 16.5. The van der Waals surface area contributed by atoms with Crippen molar-refractivity contribution in [2.45, 2.75) is 44.4 Å². The largest absolute Gasteiger partial charge is 0.481 e. The second-order valence-corrected chi connectivity index (χ2v) is 9.22. The zero-order chi connectivity index (χ0) is 23.9. The number of hydrogen-bond acceptors (Lipinski definition) is 4. The Morgan fingerprint density at radius 2 is 1.56 bits per heavy atom. The van der Waals surface area contributed by atoms with E-state index in [9.17, 15) is 14.4 Å². The lowest BCUT2D eigenvalue weighted by Crippen LogP contribution is -2.40. The maximum atomic E-state index is 12.7. The number of fused-ring (bicyclic) bond motifs is 3. The molecule has 2 aliphatic rings. The summed E-state index contributed by atoms with van der Waals surface area (Å²) in [4.78, 5) is 36.0. The number of benzene rings is 2. The van der Waals surface area contributed by atoms with Gasteiger partial charge in [0.15, 0.2) is 0 Å². The van der Waals surface area contributed by atoms with E-state index in [0.29, 0.717) is 12.3 Å². The Morgan fingerprint density at radius 3 is 2.18 bits per heavy atom. The van der Waals surface area contributed by atoms with E-state index in [0.717, 1.165) is 36.8 Å². The monoisotopic (exact) mass is 464 g/mol. The summed E-state index contributed by atoms with van der Waals surface area (Å²) in [6.07, 6.45) is 4.52. The molecule has 1 fully saturated rings. The van der Waals surface area contributed by atoms with Crippen LogP contribution in [0.15, 0.2) is 48.5 Å². The van der Waals surface area contributed by atoms with Crippen molar-refractivity contribution in [3.05, 3.63) is 59.7 Å². The number of amides is 2. The van der Waals surface area contributed by atoms with Crippen LogP contribution in [0.1, 0.15) is 55.6 Å². The summed E-state index contributed by atoms with van der Waals surface area (Å²) in [5.41, 5.74) is 4.63. The highest BCUT2D eigenvalue weighted by Gasteiger charge is 2.30. The zero-order valence-corrected chi connectivity index (χ0v) is 19.3. The molecular weight excluding hydrogens is 432 g/mol. The number of nitrogens with one attached hydrogen (secondary N) is 2. The Labute approximate surface area is 199 Å². The highest BCUT2D eigenvalue weighted by Crippen LogP contribution is 2.44.